The molecule has 2 amide bonds. The molecule has 1 aliphatic heterocycles. The van der Waals surface area contributed by atoms with Crippen LogP contribution in [-0.4, -0.2) is 57.6 Å². The summed E-state index contributed by atoms with van der Waals surface area (Å²) in [5.41, 5.74) is 1.51. The van der Waals surface area contributed by atoms with E-state index < -0.39 is 0 Å². The van der Waals surface area contributed by atoms with Gasteiger partial charge >= 0.3 is 0 Å². The van der Waals surface area contributed by atoms with Crippen LogP contribution in [0.1, 0.15) is 39.4 Å². The number of nitrogens with one attached hydrogen (secondary N) is 2. The zero-order valence-electron chi connectivity index (χ0n) is 16.8. The quantitative estimate of drug-likeness (QED) is 0.677. The number of amides is 2. The Morgan fingerprint density at radius 2 is 2.00 bits per heavy atom. The van der Waals surface area contributed by atoms with Crippen molar-refractivity contribution in [3.63, 3.8) is 0 Å². The number of aryl methyl sites for hydroxylation is 1. The first-order valence-electron chi connectivity index (χ1n) is 9.78. The fourth-order valence-corrected chi connectivity index (χ4v) is 3.65. The number of likely N-dealkylation sites (tertiary alicyclic amines) is 1. The van der Waals surface area contributed by atoms with Crippen LogP contribution in [0.25, 0.3) is 5.52 Å². The first kappa shape index (κ1) is 19.7. The van der Waals surface area contributed by atoms with Crippen LogP contribution in [0.3, 0.4) is 0 Å². The van der Waals surface area contributed by atoms with E-state index >= 15 is 0 Å². The molecule has 9 heteroatoms. The van der Waals surface area contributed by atoms with Gasteiger partial charge in [0.05, 0.1) is 7.11 Å². The molecule has 1 fully saturated rings. The smallest absolute Gasteiger partial charge is 0.274 e. The fourth-order valence-electron chi connectivity index (χ4n) is 3.65. The van der Waals surface area contributed by atoms with Crippen molar-refractivity contribution >= 4 is 17.3 Å². The van der Waals surface area contributed by atoms with E-state index in [1.54, 1.807) is 49.4 Å². The number of aromatic amines is 1. The SMILES string of the molecule is COc1cccc(C(=O)NC2CCN(C(=O)c3cc4c(=O)[nH]c(C)cn4n3)CC2)c1. The van der Waals surface area contributed by atoms with Crippen LogP contribution >= 0.6 is 0 Å². The molecule has 0 saturated carbocycles. The first-order valence-corrected chi connectivity index (χ1v) is 9.78. The topological polar surface area (TPSA) is 109 Å². The third-order valence-electron chi connectivity index (χ3n) is 5.26. The van der Waals surface area contributed by atoms with Crippen molar-refractivity contribution in [1.29, 1.82) is 0 Å². The number of rotatable bonds is 4. The molecule has 0 atom stereocenters. The number of carbonyl (C=O) groups is 2. The highest BCUT2D eigenvalue weighted by atomic mass is 16.5. The van der Waals surface area contributed by atoms with Gasteiger partial charge < -0.3 is 19.9 Å². The monoisotopic (exact) mass is 409 g/mol. The van der Waals surface area contributed by atoms with E-state index in [1.165, 1.54) is 10.6 Å². The third kappa shape index (κ3) is 3.91. The number of benzene rings is 1. The van der Waals surface area contributed by atoms with E-state index in [1.807, 2.05) is 0 Å². The lowest BCUT2D eigenvalue weighted by molar-refractivity contribution is 0.0692. The average molecular weight is 409 g/mol. The minimum atomic E-state index is -0.277. The van der Waals surface area contributed by atoms with Crippen LogP contribution in [0.2, 0.25) is 0 Å². The van der Waals surface area contributed by atoms with Crippen LogP contribution < -0.4 is 15.6 Å². The standard InChI is InChI=1S/C21H23N5O4/c1-13-12-26-18(20(28)22-13)11-17(24-26)21(29)25-8-6-15(7-9-25)23-19(27)14-4-3-5-16(10-14)30-2/h3-5,10-12,15H,6-9H2,1-2H3,(H,22,28)(H,23,27). The van der Waals surface area contributed by atoms with Gasteiger partial charge in [0.1, 0.15) is 11.3 Å². The van der Waals surface area contributed by atoms with Gasteiger partial charge in [-0.25, -0.2) is 4.52 Å². The van der Waals surface area contributed by atoms with E-state index in [9.17, 15) is 14.4 Å². The maximum Gasteiger partial charge on any atom is 0.274 e. The average Bonchev–Trinajstić information content (AvgIpc) is 3.18. The van der Waals surface area contributed by atoms with Crippen LogP contribution in [0, 0.1) is 6.92 Å². The molecule has 30 heavy (non-hydrogen) atoms. The Bertz CT molecular complexity index is 1160. The van der Waals surface area contributed by atoms with Gasteiger partial charge in [-0.05, 0) is 38.0 Å². The molecule has 3 aromatic rings. The number of H-pyrrole nitrogens is 1. The molecule has 0 unspecified atom stereocenters. The Balaban J connectivity index is 1.38. The molecule has 3 heterocycles. The first-order chi connectivity index (χ1) is 14.4. The summed E-state index contributed by atoms with van der Waals surface area (Å²) in [5.74, 6) is 0.256. The van der Waals surface area contributed by atoms with E-state index in [4.69, 9.17) is 4.74 Å². The van der Waals surface area contributed by atoms with Crippen molar-refractivity contribution < 1.29 is 14.3 Å². The lowest BCUT2D eigenvalue weighted by atomic mass is 10.0. The third-order valence-corrected chi connectivity index (χ3v) is 5.26. The minimum absolute atomic E-state index is 0.0145. The molecule has 156 valence electrons. The summed E-state index contributed by atoms with van der Waals surface area (Å²) in [4.78, 5) is 41.7. The van der Waals surface area contributed by atoms with Gasteiger partial charge in [0.2, 0.25) is 0 Å². The highest BCUT2D eigenvalue weighted by Gasteiger charge is 2.26. The highest BCUT2D eigenvalue weighted by molar-refractivity contribution is 5.95. The molecule has 2 aromatic heterocycles. The number of piperidine rings is 1. The number of ether oxygens (including phenoxy) is 1. The Labute approximate surface area is 172 Å². The number of nitrogens with zero attached hydrogens (tertiary/aromatic N) is 3. The maximum atomic E-state index is 12.8. The van der Waals surface area contributed by atoms with Crippen LogP contribution in [0.5, 0.6) is 5.75 Å². The fraction of sp³-hybridized carbons (Fsp3) is 0.333. The summed E-state index contributed by atoms with van der Waals surface area (Å²) in [7, 11) is 1.56. The Hall–Kier alpha value is -3.62. The lowest BCUT2D eigenvalue weighted by Crippen LogP contribution is -2.46. The van der Waals surface area contributed by atoms with Crippen LogP contribution in [0.15, 0.2) is 41.3 Å². The summed E-state index contributed by atoms with van der Waals surface area (Å²) in [6.07, 6.45) is 2.97. The number of hydrogen-bond acceptors (Lipinski definition) is 5. The molecule has 1 saturated heterocycles. The second kappa shape index (κ2) is 8.02. The maximum absolute atomic E-state index is 12.8. The molecule has 1 aliphatic rings. The zero-order valence-corrected chi connectivity index (χ0v) is 16.8. The van der Waals surface area contributed by atoms with Gasteiger partial charge in [-0.1, -0.05) is 6.07 Å². The van der Waals surface area contributed by atoms with Gasteiger partial charge in [0.25, 0.3) is 17.4 Å². The molecule has 2 N–H and O–H groups in total. The van der Waals surface area contributed by atoms with Gasteiger partial charge in [0, 0.05) is 42.7 Å². The number of aromatic nitrogens is 3. The Morgan fingerprint density at radius 3 is 2.73 bits per heavy atom. The molecule has 0 bridgehead atoms. The number of fused-ring (bicyclic) bond motifs is 1. The summed E-state index contributed by atoms with van der Waals surface area (Å²) in [6.45, 7) is 2.77. The van der Waals surface area contributed by atoms with Crippen molar-refractivity contribution in [3.8, 4) is 5.75 Å². The van der Waals surface area contributed by atoms with Gasteiger partial charge in [0.15, 0.2) is 5.69 Å². The van der Waals surface area contributed by atoms with Gasteiger partial charge in [-0.15, -0.1) is 0 Å². The molecule has 0 aliphatic carbocycles. The number of hydrogen-bond donors (Lipinski definition) is 2. The predicted octanol–water partition coefficient (Wildman–Crippen LogP) is 1.37. The van der Waals surface area contributed by atoms with Crippen molar-refractivity contribution in [2.75, 3.05) is 20.2 Å². The zero-order chi connectivity index (χ0) is 21.3. The minimum Gasteiger partial charge on any atom is -0.497 e. The van der Waals surface area contributed by atoms with E-state index in [2.05, 4.69) is 15.4 Å². The largest absolute Gasteiger partial charge is 0.497 e. The normalized spacial score (nSPS) is 14.7. The summed E-state index contributed by atoms with van der Waals surface area (Å²) < 4.78 is 6.59. The van der Waals surface area contributed by atoms with E-state index in [-0.39, 0.29) is 29.1 Å². The van der Waals surface area contributed by atoms with Crippen LogP contribution in [-0.2, 0) is 0 Å². The van der Waals surface area contributed by atoms with Crippen molar-refractivity contribution in [2.45, 2.75) is 25.8 Å². The Morgan fingerprint density at radius 1 is 1.23 bits per heavy atom. The summed E-state index contributed by atoms with van der Waals surface area (Å²) >= 11 is 0. The predicted molar refractivity (Wildman–Crippen MR) is 110 cm³/mol. The molecule has 1 aromatic carbocycles. The molecular formula is C21H23N5O4. The summed E-state index contributed by atoms with van der Waals surface area (Å²) in [6, 6.07) is 8.49. The summed E-state index contributed by atoms with van der Waals surface area (Å²) in [5, 5.41) is 7.28. The second-order valence-corrected chi connectivity index (χ2v) is 7.40. The number of methoxy groups -OCH3 is 1. The number of carbonyl (C=O) groups excluding carboxylic acids is 2. The van der Waals surface area contributed by atoms with Gasteiger partial charge in [-0.2, -0.15) is 5.10 Å². The highest BCUT2D eigenvalue weighted by Crippen LogP contribution is 2.16. The van der Waals surface area contributed by atoms with E-state index in [0.717, 1.165) is 0 Å². The molecule has 0 spiro atoms. The molecule has 4 rings (SSSR count). The molecular weight excluding hydrogens is 386 g/mol. The van der Waals surface area contributed by atoms with Crippen molar-refractivity contribution in [3.05, 3.63) is 63.8 Å². The molecule has 0 radical (unpaired) electrons. The van der Waals surface area contributed by atoms with Gasteiger partial charge in [-0.3, -0.25) is 14.4 Å². The van der Waals surface area contributed by atoms with Crippen molar-refractivity contribution in [2.24, 2.45) is 0 Å². The van der Waals surface area contributed by atoms with Crippen LogP contribution in [0.4, 0.5) is 0 Å². The van der Waals surface area contributed by atoms with E-state index in [0.29, 0.717) is 48.5 Å². The van der Waals surface area contributed by atoms with Crippen molar-refractivity contribution in [1.82, 2.24) is 24.8 Å². The Kier molecular flexibility index (Phi) is 5.26. The molecule has 9 nitrogen and oxygen atoms in total. The second-order valence-electron chi connectivity index (χ2n) is 7.40. The lowest BCUT2D eigenvalue weighted by Gasteiger charge is -2.32.